The van der Waals surface area contributed by atoms with Crippen molar-refractivity contribution in [1.29, 1.82) is 0 Å². The Balaban J connectivity index is 1.99. The molecular weight excluding hydrogens is 304 g/mol. The highest BCUT2D eigenvalue weighted by atomic mass is 32.1. The van der Waals surface area contributed by atoms with Gasteiger partial charge in [-0.3, -0.25) is 9.63 Å². The van der Waals surface area contributed by atoms with Crippen LogP contribution in [0.2, 0.25) is 0 Å². The van der Waals surface area contributed by atoms with Crippen LogP contribution in [0.1, 0.15) is 16.1 Å². The lowest BCUT2D eigenvalue weighted by atomic mass is 10.2. The summed E-state index contributed by atoms with van der Waals surface area (Å²) in [5, 5.41) is 2.04. The van der Waals surface area contributed by atoms with Crippen LogP contribution in [0.5, 0.6) is 11.6 Å². The zero-order valence-electron chi connectivity index (χ0n) is 12.4. The van der Waals surface area contributed by atoms with E-state index in [2.05, 4.69) is 4.98 Å². The number of aromatic nitrogens is 1. The number of carbonyl (C=O) groups excluding carboxylic acids is 1. The zero-order valence-corrected chi connectivity index (χ0v) is 13.2. The van der Waals surface area contributed by atoms with Crippen molar-refractivity contribution in [2.24, 2.45) is 0 Å². The largest absolute Gasteiger partial charge is 0.496 e. The van der Waals surface area contributed by atoms with Gasteiger partial charge in [0.2, 0.25) is 5.88 Å². The van der Waals surface area contributed by atoms with E-state index in [0.29, 0.717) is 34.7 Å². The summed E-state index contributed by atoms with van der Waals surface area (Å²) in [6.07, 6.45) is 0.840. The first-order valence-corrected chi connectivity index (χ1v) is 7.69. The molecule has 2 aromatic rings. The number of amides is 1. The number of hydrogen-bond donors (Lipinski definition) is 0. The van der Waals surface area contributed by atoms with Crippen molar-refractivity contribution in [1.82, 2.24) is 10.0 Å². The summed E-state index contributed by atoms with van der Waals surface area (Å²) in [4.78, 5) is 22.6. The van der Waals surface area contributed by atoms with Crippen LogP contribution in [-0.2, 0) is 4.84 Å². The Hall–Kier alpha value is -2.12. The Morgan fingerprint density at radius 3 is 2.82 bits per heavy atom. The number of benzene rings is 1. The lowest BCUT2D eigenvalue weighted by molar-refractivity contribution is -0.0766. The Morgan fingerprint density at radius 1 is 1.32 bits per heavy atom. The van der Waals surface area contributed by atoms with Crippen LogP contribution in [-0.4, -0.2) is 43.3 Å². The van der Waals surface area contributed by atoms with Gasteiger partial charge in [0.1, 0.15) is 10.8 Å². The van der Waals surface area contributed by atoms with Gasteiger partial charge < -0.3 is 9.47 Å². The van der Waals surface area contributed by atoms with Crippen molar-refractivity contribution in [3.8, 4) is 22.2 Å². The monoisotopic (exact) mass is 320 g/mol. The third kappa shape index (κ3) is 2.65. The molecule has 0 bridgehead atoms. The highest BCUT2D eigenvalue weighted by Gasteiger charge is 2.28. The minimum atomic E-state index is -0.215. The molecule has 1 aromatic carbocycles. The molecule has 22 heavy (non-hydrogen) atoms. The van der Waals surface area contributed by atoms with Gasteiger partial charge in [0.25, 0.3) is 5.91 Å². The number of nitrogens with zero attached hydrogens (tertiary/aromatic N) is 2. The molecule has 7 heteroatoms. The summed E-state index contributed by atoms with van der Waals surface area (Å²) < 4.78 is 10.6. The van der Waals surface area contributed by atoms with E-state index in [1.165, 1.54) is 23.5 Å². The maximum absolute atomic E-state index is 12.5. The van der Waals surface area contributed by atoms with E-state index < -0.39 is 0 Å². The molecule has 0 aliphatic carbocycles. The second-order valence-electron chi connectivity index (χ2n) is 4.65. The van der Waals surface area contributed by atoms with Crippen molar-refractivity contribution in [2.75, 3.05) is 27.4 Å². The molecule has 3 rings (SSSR count). The van der Waals surface area contributed by atoms with Crippen LogP contribution in [0.25, 0.3) is 10.6 Å². The van der Waals surface area contributed by atoms with Gasteiger partial charge in [-0.2, -0.15) is 0 Å². The Bertz CT molecular complexity index is 680. The molecule has 1 aromatic heterocycles. The van der Waals surface area contributed by atoms with Gasteiger partial charge in [0.05, 0.1) is 32.9 Å². The van der Waals surface area contributed by atoms with Gasteiger partial charge in [-0.15, -0.1) is 11.3 Å². The summed E-state index contributed by atoms with van der Waals surface area (Å²) in [5.74, 6) is 0.801. The van der Waals surface area contributed by atoms with Crippen LogP contribution in [0.15, 0.2) is 24.3 Å². The molecule has 1 aliphatic rings. The average molecular weight is 320 g/mol. The summed E-state index contributed by atoms with van der Waals surface area (Å²) in [5.41, 5.74) is 0.828. The zero-order chi connectivity index (χ0) is 15.5. The lowest BCUT2D eigenvalue weighted by Crippen LogP contribution is -2.26. The maximum atomic E-state index is 12.5. The second-order valence-corrected chi connectivity index (χ2v) is 5.65. The Kier molecular flexibility index (Phi) is 4.26. The van der Waals surface area contributed by atoms with Gasteiger partial charge in [0.15, 0.2) is 4.88 Å². The van der Waals surface area contributed by atoms with E-state index in [9.17, 15) is 4.79 Å². The van der Waals surface area contributed by atoms with Gasteiger partial charge in [-0.05, 0) is 18.6 Å². The SMILES string of the molecule is COc1ccccc1-c1nc(OC)c(C(=O)N2CCCO2)s1. The maximum Gasteiger partial charge on any atom is 0.293 e. The molecule has 6 nitrogen and oxygen atoms in total. The molecule has 0 spiro atoms. The fourth-order valence-corrected chi connectivity index (χ4v) is 3.24. The number of hydrogen-bond acceptors (Lipinski definition) is 6. The normalized spacial score (nSPS) is 14.2. The number of thiazole rings is 1. The number of carbonyl (C=O) groups is 1. The average Bonchev–Trinajstić information content (AvgIpc) is 3.23. The molecular formula is C15H16N2O4S. The summed E-state index contributed by atoms with van der Waals surface area (Å²) >= 11 is 1.27. The standard InChI is InChI=1S/C15H16N2O4S/c1-19-11-7-4-3-6-10(11)14-16-13(20-2)12(22-14)15(18)17-8-5-9-21-17/h3-4,6-7H,5,8-9H2,1-2H3. The molecule has 0 N–H and O–H groups in total. The first-order chi connectivity index (χ1) is 10.7. The van der Waals surface area contributed by atoms with Crippen molar-refractivity contribution in [2.45, 2.75) is 6.42 Å². The van der Waals surface area contributed by atoms with E-state index in [1.807, 2.05) is 24.3 Å². The molecule has 0 atom stereocenters. The first-order valence-electron chi connectivity index (χ1n) is 6.87. The van der Waals surface area contributed by atoms with Gasteiger partial charge in [-0.1, -0.05) is 12.1 Å². The summed E-state index contributed by atoms with van der Waals surface area (Å²) in [7, 11) is 3.11. The summed E-state index contributed by atoms with van der Waals surface area (Å²) in [6, 6.07) is 7.54. The van der Waals surface area contributed by atoms with Crippen LogP contribution in [0.3, 0.4) is 0 Å². The smallest absolute Gasteiger partial charge is 0.293 e. The molecule has 0 radical (unpaired) electrons. The number of hydroxylamine groups is 2. The van der Waals surface area contributed by atoms with E-state index in [4.69, 9.17) is 14.3 Å². The minimum Gasteiger partial charge on any atom is -0.496 e. The van der Waals surface area contributed by atoms with Crippen LogP contribution in [0.4, 0.5) is 0 Å². The summed E-state index contributed by atoms with van der Waals surface area (Å²) in [6.45, 7) is 1.15. The quantitative estimate of drug-likeness (QED) is 0.866. The highest BCUT2D eigenvalue weighted by molar-refractivity contribution is 7.17. The van der Waals surface area contributed by atoms with E-state index >= 15 is 0 Å². The molecule has 2 heterocycles. The molecule has 1 amide bonds. The van der Waals surface area contributed by atoms with E-state index in [0.717, 1.165) is 12.0 Å². The van der Waals surface area contributed by atoms with Crippen molar-refractivity contribution >= 4 is 17.2 Å². The predicted octanol–water partition coefficient (Wildman–Crippen LogP) is 2.60. The second kappa shape index (κ2) is 6.33. The third-order valence-electron chi connectivity index (χ3n) is 3.30. The van der Waals surface area contributed by atoms with Gasteiger partial charge in [0, 0.05) is 0 Å². The molecule has 1 saturated heterocycles. The van der Waals surface area contributed by atoms with Gasteiger partial charge in [-0.25, -0.2) is 10.0 Å². The van der Waals surface area contributed by atoms with Crippen LogP contribution >= 0.6 is 11.3 Å². The molecule has 116 valence electrons. The Labute approximate surface area is 132 Å². The Morgan fingerprint density at radius 2 is 2.14 bits per heavy atom. The highest BCUT2D eigenvalue weighted by Crippen LogP contribution is 2.37. The fourth-order valence-electron chi connectivity index (χ4n) is 2.24. The predicted molar refractivity (Wildman–Crippen MR) is 82.3 cm³/mol. The van der Waals surface area contributed by atoms with Gasteiger partial charge >= 0.3 is 0 Å². The van der Waals surface area contributed by atoms with Crippen LogP contribution in [0, 0.1) is 0 Å². The number of methoxy groups -OCH3 is 2. The van der Waals surface area contributed by atoms with E-state index in [-0.39, 0.29) is 5.91 Å². The van der Waals surface area contributed by atoms with Crippen molar-refractivity contribution in [3.05, 3.63) is 29.1 Å². The lowest BCUT2D eigenvalue weighted by Gasteiger charge is -2.12. The minimum absolute atomic E-state index is 0.215. The number of rotatable bonds is 4. The van der Waals surface area contributed by atoms with Crippen LogP contribution < -0.4 is 9.47 Å². The molecule has 1 fully saturated rings. The molecule has 0 unspecified atom stereocenters. The number of ether oxygens (including phenoxy) is 2. The van der Waals surface area contributed by atoms with Crippen molar-refractivity contribution < 1.29 is 19.1 Å². The fraction of sp³-hybridized carbons (Fsp3) is 0.333. The molecule has 1 aliphatic heterocycles. The van der Waals surface area contributed by atoms with Crippen molar-refractivity contribution in [3.63, 3.8) is 0 Å². The topological polar surface area (TPSA) is 60.9 Å². The first kappa shape index (κ1) is 14.8. The number of para-hydroxylation sites is 1. The van der Waals surface area contributed by atoms with E-state index in [1.54, 1.807) is 7.11 Å². The molecule has 0 saturated carbocycles. The third-order valence-corrected chi connectivity index (χ3v) is 4.36.